The van der Waals surface area contributed by atoms with Crippen LogP contribution in [0.1, 0.15) is 45.4 Å². The molecule has 3 amide bonds. The van der Waals surface area contributed by atoms with Gasteiger partial charge < -0.3 is 24.5 Å². The fourth-order valence-electron chi connectivity index (χ4n) is 7.46. The Bertz CT molecular complexity index is 1140. The molecule has 38 heavy (non-hydrogen) atoms. The van der Waals surface area contributed by atoms with E-state index in [-0.39, 0.29) is 30.4 Å². The standard InChI is InChI=1S/C30H37N3O5/c1-2-20(19-34)33-26-29(37)32(22-13-7-4-8-14-22)18-10-16-30(26)25(28(33)36)24-23(38-30)15-9-17-31(27(24)35)21-11-5-3-6-12-21/h3,5-6,9-12,15-16,20,22-26,34H,2,4,7-8,13-14,17-19H2,1H3/t20-,23+,24-,25-,26?,30-/m0/s1. The van der Waals surface area contributed by atoms with Crippen LogP contribution < -0.4 is 4.90 Å². The molecule has 4 heterocycles. The maximum atomic E-state index is 14.4. The smallest absolute Gasteiger partial charge is 0.249 e. The van der Waals surface area contributed by atoms with Crippen LogP contribution in [0.4, 0.5) is 5.69 Å². The SMILES string of the molecule is CC[C@@H](CO)N1C(=O)[C@@H]2[C@H]3C(=O)N(c4ccccc4)CC=C[C@H]3O[C@@]23C=CCN(C2CCCCC2)C(=O)C13. The summed E-state index contributed by atoms with van der Waals surface area (Å²) < 4.78 is 6.73. The maximum absolute atomic E-state index is 14.4. The zero-order valence-corrected chi connectivity index (χ0v) is 21.9. The summed E-state index contributed by atoms with van der Waals surface area (Å²) in [7, 11) is 0. The Kier molecular flexibility index (Phi) is 6.64. The summed E-state index contributed by atoms with van der Waals surface area (Å²) in [4.78, 5) is 48.1. The molecule has 1 unspecified atom stereocenters. The third-order valence-corrected chi connectivity index (χ3v) is 9.29. The van der Waals surface area contributed by atoms with E-state index in [0.29, 0.717) is 19.5 Å². The second-order valence-corrected chi connectivity index (χ2v) is 11.2. The van der Waals surface area contributed by atoms with Crippen LogP contribution in [-0.2, 0) is 19.1 Å². The predicted molar refractivity (Wildman–Crippen MR) is 142 cm³/mol. The minimum Gasteiger partial charge on any atom is -0.394 e. The Hall–Kier alpha value is -2.97. The van der Waals surface area contributed by atoms with Gasteiger partial charge in [-0.2, -0.15) is 0 Å². The van der Waals surface area contributed by atoms with Crippen LogP contribution in [0.3, 0.4) is 0 Å². The summed E-state index contributed by atoms with van der Waals surface area (Å²) in [6, 6.07) is 8.15. The van der Waals surface area contributed by atoms with E-state index in [9.17, 15) is 19.5 Å². The van der Waals surface area contributed by atoms with E-state index in [0.717, 1.165) is 31.4 Å². The normalized spacial score (nSPS) is 34.2. The van der Waals surface area contributed by atoms with Gasteiger partial charge in [0.15, 0.2) is 0 Å². The van der Waals surface area contributed by atoms with Gasteiger partial charge in [-0.15, -0.1) is 0 Å². The molecule has 1 aliphatic carbocycles. The molecule has 1 aromatic rings. The summed E-state index contributed by atoms with van der Waals surface area (Å²) in [5, 5.41) is 10.3. The Labute approximate surface area is 223 Å². The highest BCUT2D eigenvalue weighted by Gasteiger charge is 2.72. The average Bonchev–Trinajstić information content (AvgIpc) is 3.26. The van der Waals surface area contributed by atoms with Crippen LogP contribution in [-0.4, -0.2) is 82.2 Å². The van der Waals surface area contributed by atoms with Gasteiger partial charge in [0.05, 0.1) is 30.6 Å². The first-order valence-corrected chi connectivity index (χ1v) is 14.1. The van der Waals surface area contributed by atoms with Crippen molar-refractivity contribution in [3.05, 3.63) is 54.6 Å². The van der Waals surface area contributed by atoms with Crippen molar-refractivity contribution < 1.29 is 24.2 Å². The van der Waals surface area contributed by atoms with Crippen molar-refractivity contribution in [2.24, 2.45) is 11.8 Å². The Morgan fingerprint density at radius 3 is 2.47 bits per heavy atom. The van der Waals surface area contributed by atoms with E-state index in [2.05, 4.69) is 0 Å². The van der Waals surface area contributed by atoms with E-state index >= 15 is 0 Å². The average molecular weight is 520 g/mol. The van der Waals surface area contributed by atoms with Crippen molar-refractivity contribution in [3.8, 4) is 0 Å². The van der Waals surface area contributed by atoms with Crippen LogP contribution >= 0.6 is 0 Å². The summed E-state index contributed by atoms with van der Waals surface area (Å²) in [6.45, 7) is 2.51. The molecule has 1 saturated carbocycles. The molecule has 202 valence electrons. The molecular weight excluding hydrogens is 482 g/mol. The highest BCUT2D eigenvalue weighted by atomic mass is 16.5. The molecule has 3 fully saturated rings. The number of rotatable bonds is 5. The topological polar surface area (TPSA) is 90.4 Å². The van der Waals surface area contributed by atoms with E-state index < -0.39 is 35.6 Å². The van der Waals surface area contributed by atoms with Gasteiger partial charge in [-0.1, -0.05) is 68.7 Å². The zero-order valence-electron chi connectivity index (χ0n) is 21.9. The summed E-state index contributed by atoms with van der Waals surface area (Å²) in [6.07, 6.45) is 12.8. The molecule has 4 aliphatic heterocycles. The second kappa shape index (κ2) is 9.97. The van der Waals surface area contributed by atoms with Crippen molar-refractivity contribution in [1.29, 1.82) is 0 Å². The number of likely N-dealkylation sites (tertiary alicyclic amines) is 1. The van der Waals surface area contributed by atoms with E-state index in [4.69, 9.17) is 4.74 Å². The molecule has 6 rings (SSSR count). The first-order chi connectivity index (χ1) is 18.5. The summed E-state index contributed by atoms with van der Waals surface area (Å²) in [5.74, 6) is -2.18. The molecule has 1 spiro atoms. The molecule has 1 aromatic carbocycles. The molecule has 0 radical (unpaired) electrons. The molecule has 0 aromatic heterocycles. The van der Waals surface area contributed by atoms with Crippen LogP contribution in [0.5, 0.6) is 0 Å². The quantitative estimate of drug-likeness (QED) is 0.604. The lowest BCUT2D eigenvalue weighted by molar-refractivity contribution is -0.152. The Morgan fingerprint density at radius 1 is 1.00 bits per heavy atom. The Morgan fingerprint density at radius 2 is 1.76 bits per heavy atom. The van der Waals surface area contributed by atoms with Gasteiger partial charge in [-0.05, 0) is 31.4 Å². The zero-order chi connectivity index (χ0) is 26.4. The largest absolute Gasteiger partial charge is 0.394 e. The number of carbonyl (C=O) groups excluding carboxylic acids is 3. The number of amides is 3. The number of aliphatic hydroxyl groups is 1. The predicted octanol–water partition coefficient (Wildman–Crippen LogP) is 2.67. The fourth-order valence-corrected chi connectivity index (χ4v) is 7.46. The van der Waals surface area contributed by atoms with Gasteiger partial charge in [0.1, 0.15) is 11.6 Å². The summed E-state index contributed by atoms with van der Waals surface area (Å²) in [5.41, 5.74) is -0.491. The van der Waals surface area contributed by atoms with Gasteiger partial charge in [0.25, 0.3) is 0 Å². The minimum atomic E-state index is -1.25. The molecule has 6 atom stereocenters. The minimum absolute atomic E-state index is 0.127. The van der Waals surface area contributed by atoms with Gasteiger partial charge in [-0.3, -0.25) is 14.4 Å². The van der Waals surface area contributed by atoms with Crippen LogP contribution in [0.15, 0.2) is 54.6 Å². The highest BCUT2D eigenvalue weighted by molar-refractivity contribution is 6.04. The number of hydrogen-bond donors (Lipinski definition) is 1. The van der Waals surface area contributed by atoms with E-state index in [1.54, 1.807) is 9.80 Å². The number of benzene rings is 1. The lowest BCUT2D eigenvalue weighted by Crippen LogP contribution is -2.59. The number of carbonyl (C=O) groups is 3. The van der Waals surface area contributed by atoms with Crippen molar-refractivity contribution in [2.45, 2.75) is 75.3 Å². The lowest BCUT2D eigenvalue weighted by atomic mass is 9.77. The van der Waals surface area contributed by atoms with Gasteiger partial charge in [0, 0.05) is 24.8 Å². The fraction of sp³-hybridized carbons (Fsp3) is 0.567. The number of nitrogens with zero attached hydrogens (tertiary/aromatic N) is 3. The third kappa shape index (κ3) is 3.75. The molecule has 5 aliphatic rings. The molecule has 0 bridgehead atoms. The first kappa shape index (κ1) is 25.3. The maximum Gasteiger partial charge on any atom is 0.249 e. The molecule has 2 saturated heterocycles. The Balaban J connectivity index is 1.44. The second-order valence-electron chi connectivity index (χ2n) is 11.2. The van der Waals surface area contributed by atoms with Crippen LogP contribution in [0.2, 0.25) is 0 Å². The van der Waals surface area contributed by atoms with Crippen molar-refractivity contribution in [1.82, 2.24) is 9.80 Å². The number of ether oxygens (including phenoxy) is 1. The van der Waals surface area contributed by atoms with Crippen molar-refractivity contribution >= 4 is 23.4 Å². The molecule has 8 heteroatoms. The number of anilines is 1. The number of para-hydroxylation sites is 1. The van der Waals surface area contributed by atoms with Gasteiger partial charge >= 0.3 is 0 Å². The van der Waals surface area contributed by atoms with Crippen LogP contribution in [0.25, 0.3) is 0 Å². The molecule has 8 nitrogen and oxygen atoms in total. The van der Waals surface area contributed by atoms with E-state index in [1.165, 1.54) is 6.42 Å². The highest BCUT2D eigenvalue weighted by Crippen LogP contribution is 2.54. The van der Waals surface area contributed by atoms with Gasteiger partial charge in [-0.25, -0.2) is 0 Å². The molecular formula is C30H37N3O5. The number of hydrogen-bond acceptors (Lipinski definition) is 5. The number of aliphatic hydroxyl groups excluding tert-OH is 1. The van der Waals surface area contributed by atoms with E-state index in [1.807, 2.05) is 66.5 Å². The lowest BCUT2D eigenvalue weighted by Gasteiger charge is -2.41. The first-order valence-electron chi connectivity index (χ1n) is 14.1. The third-order valence-electron chi connectivity index (χ3n) is 9.29. The van der Waals surface area contributed by atoms with Crippen molar-refractivity contribution in [2.75, 3.05) is 24.6 Å². The molecule has 1 N–H and O–H groups in total. The number of fused-ring (bicyclic) bond motifs is 2. The van der Waals surface area contributed by atoms with Gasteiger partial charge in [0.2, 0.25) is 17.7 Å². The monoisotopic (exact) mass is 519 g/mol. The van der Waals surface area contributed by atoms with Crippen LogP contribution in [0, 0.1) is 11.8 Å². The van der Waals surface area contributed by atoms with Crippen molar-refractivity contribution in [3.63, 3.8) is 0 Å². The summed E-state index contributed by atoms with van der Waals surface area (Å²) >= 11 is 0.